The maximum atomic E-state index is 12.5. The van der Waals surface area contributed by atoms with Gasteiger partial charge in [-0.3, -0.25) is 4.72 Å². The molecule has 0 fully saturated rings. The molecule has 0 heterocycles. The van der Waals surface area contributed by atoms with Gasteiger partial charge in [0, 0.05) is 9.26 Å². The number of aryl methyl sites for hydroxylation is 3. The van der Waals surface area contributed by atoms with Crippen molar-refractivity contribution in [2.75, 3.05) is 4.72 Å². The molecule has 0 radical (unpaired) electrons. The third-order valence-electron chi connectivity index (χ3n) is 3.18. The van der Waals surface area contributed by atoms with Gasteiger partial charge < -0.3 is 0 Å². The smallest absolute Gasteiger partial charge is 0.262 e. The average molecular weight is 401 g/mol. The first-order chi connectivity index (χ1) is 9.29. The summed E-state index contributed by atoms with van der Waals surface area (Å²) in [5.74, 6) is 0. The van der Waals surface area contributed by atoms with Crippen molar-refractivity contribution in [3.05, 3.63) is 56.7 Å². The fourth-order valence-electron chi connectivity index (χ4n) is 1.95. The monoisotopic (exact) mass is 401 g/mol. The van der Waals surface area contributed by atoms with E-state index in [1.54, 1.807) is 18.2 Å². The molecule has 0 spiro atoms. The molecule has 20 heavy (non-hydrogen) atoms. The Bertz CT molecular complexity index is 737. The van der Waals surface area contributed by atoms with Gasteiger partial charge in [0.05, 0.1) is 4.90 Å². The number of rotatable bonds is 3. The van der Waals surface area contributed by atoms with Gasteiger partial charge in [0.15, 0.2) is 0 Å². The van der Waals surface area contributed by atoms with Gasteiger partial charge in [0.25, 0.3) is 10.0 Å². The standard InChI is InChI=1S/C15H16INO2S/c1-10-8-12(3)15(9-11(10)2)20(18,19)17-14-6-4-13(16)5-7-14/h4-9,17H,1-3H3. The van der Waals surface area contributed by atoms with Crippen molar-refractivity contribution in [2.45, 2.75) is 25.7 Å². The Morgan fingerprint density at radius 3 is 2.05 bits per heavy atom. The average Bonchev–Trinajstić information content (AvgIpc) is 2.36. The molecule has 0 atom stereocenters. The van der Waals surface area contributed by atoms with E-state index in [4.69, 9.17) is 0 Å². The number of benzene rings is 2. The lowest BCUT2D eigenvalue weighted by Gasteiger charge is -2.12. The number of anilines is 1. The zero-order chi connectivity index (χ0) is 14.9. The van der Waals surface area contributed by atoms with Gasteiger partial charge in [-0.1, -0.05) is 6.07 Å². The molecule has 0 amide bonds. The van der Waals surface area contributed by atoms with Crippen LogP contribution in [0.3, 0.4) is 0 Å². The Hall–Kier alpha value is -1.08. The summed E-state index contributed by atoms with van der Waals surface area (Å²) in [6.45, 7) is 5.71. The largest absolute Gasteiger partial charge is 0.280 e. The third-order valence-corrected chi connectivity index (χ3v) is 5.42. The summed E-state index contributed by atoms with van der Waals surface area (Å²) >= 11 is 2.18. The molecular formula is C15H16INO2S. The number of nitrogens with one attached hydrogen (secondary N) is 1. The van der Waals surface area contributed by atoms with E-state index in [9.17, 15) is 8.42 Å². The lowest BCUT2D eigenvalue weighted by molar-refractivity contribution is 0.600. The van der Waals surface area contributed by atoms with Gasteiger partial charge in [-0.05, 0) is 90.4 Å². The van der Waals surface area contributed by atoms with Crippen molar-refractivity contribution in [3.63, 3.8) is 0 Å². The van der Waals surface area contributed by atoms with Gasteiger partial charge in [0.1, 0.15) is 0 Å². The Labute approximate surface area is 133 Å². The summed E-state index contributed by atoms with van der Waals surface area (Å²) < 4.78 is 28.6. The highest BCUT2D eigenvalue weighted by molar-refractivity contribution is 14.1. The minimum absolute atomic E-state index is 0.333. The van der Waals surface area contributed by atoms with Crippen LogP contribution in [0.1, 0.15) is 16.7 Å². The Morgan fingerprint density at radius 1 is 0.900 bits per heavy atom. The normalized spacial score (nSPS) is 11.4. The maximum Gasteiger partial charge on any atom is 0.262 e. The van der Waals surface area contributed by atoms with E-state index >= 15 is 0 Å². The molecule has 0 aliphatic carbocycles. The molecule has 0 saturated heterocycles. The summed E-state index contributed by atoms with van der Waals surface area (Å²) in [6, 6.07) is 10.9. The second-order valence-electron chi connectivity index (χ2n) is 4.81. The predicted octanol–water partition coefficient (Wildman–Crippen LogP) is 4.02. The molecule has 2 aromatic carbocycles. The summed E-state index contributed by atoms with van der Waals surface area (Å²) in [5.41, 5.74) is 3.39. The van der Waals surface area contributed by atoms with Crippen molar-refractivity contribution >= 4 is 38.3 Å². The first kappa shape index (κ1) is 15.3. The van der Waals surface area contributed by atoms with Crippen LogP contribution in [0.25, 0.3) is 0 Å². The molecule has 0 bridgehead atoms. The Balaban J connectivity index is 2.40. The van der Waals surface area contributed by atoms with E-state index in [-0.39, 0.29) is 0 Å². The van der Waals surface area contributed by atoms with Crippen LogP contribution in [0, 0.1) is 24.3 Å². The number of sulfonamides is 1. The summed E-state index contributed by atoms with van der Waals surface area (Å²) in [5, 5.41) is 0. The van der Waals surface area contributed by atoms with Crippen LogP contribution in [0.2, 0.25) is 0 Å². The molecule has 3 nitrogen and oxygen atoms in total. The summed E-state index contributed by atoms with van der Waals surface area (Å²) in [6.07, 6.45) is 0. The molecule has 0 unspecified atom stereocenters. The second kappa shape index (κ2) is 5.73. The van der Waals surface area contributed by atoms with E-state index in [2.05, 4.69) is 27.3 Å². The minimum Gasteiger partial charge on any atom is -0.280 e. The molecule has 0 aromatic heterocycles. The van der Waals surface area contributed by atoms with E-state index in [0.717, 1.165) is 20.3 Å². The van der Waals surface area contributed by atoms with Crippen LogP contribution in [-0.2, 0) is 10.0 Å². The highest BCUT2D eigenvalue weighted by atomic mass is 127. The first-order valence-electron chi connectivity index (χ1n) is 6.16. The Morgan fingerprint density at radius 2 is 1.45 bits per heavy atom. The van der Waals surface area contributed by atoms with Crippen LogP contribution in [0.15, 0.2) is 41.3 Å². The number of hydrogen-bond donors (Lipinski definition) is 1. The van der Waals surface area contributed by atoms with Gasteiger partial charge in [-0.15, -0.1) is 0 Å². The molecule has 0 saturated carbocycles. The lowest BCUT2D eigenvalue weighted by Crippen LogP contribution is -2.14. The van der Waals surface area contributed by atoms with Crippen molar-refractivity contribution in [1.29, 1.82) is 0 Å². The SMILES string of the molecule is Cc1cc(C)c(S(=O)(=O)Nc2ccc(I)cc2)cc1C. The third kappa shape index (κ3) is 3.32. The predicted molar refractivity (Wildman–Crippen MR) is 90.6 cm³/mol. The highest BCUT2D eigenvalue weighted by Gasteiger charge is 2.17. The number of hydrogen-bond acceptors (Lipinski definition) is 2. The minimum atomic E-state index is -3.55. The van der Waals surface area contributed by atoms with Crippen molar-refractivity contribution in [2.24, 2.45) is 0 Å². The quantitative estimate of drug-likeness (QED) is 0.790. The van der Waals surface area contributed by atoms with Crippen LogP contribution in [0.4, 0.5) is 5.69 Å². The summed E-state index contributed by atoms with van der Waals surface area (Å²) in [4.78, 5) is 0.333. The Kier molecular flexibility index (Phi) is 4.39. The van der Waals surface area contributed by atoms with Crippen molar-refractivity contribution in [1.82, 2.24) is 0 Å². The van der Waals surface area contributed by atoms with E-state index in [1.807, 2.05) is 39.0 Å². The first-order valence-corrected chi connectivity index (χ1v) is 8.72. The zero-order valence-corrected chi connectivity index (χ0v) is 14.5. The van der Waals surface area contributed by atoms with Crippen LogP contribution >= 0.6 is 22.6 Å². The molecule has 0 aliphatic rings. The van der Waals surface area contributed by atoms with Gasteiger partial charge >= 0.3 is 0 Å². The maximum absolute atomic E-state index is 12.5. The second-order valence-corrected chi connectivity index (χ2v) is 7.71. The van der Waals surface area contributed by atoms with Crippen molar-refractivity contribution < 1.29 is 8.42 Å². The molecule has 2 rings (SSSR count). The molecule has 5 heteroatoms. The zero-order valence-electron chi connectivity index (χ0n) is 11.6. The lowest BCUT2D eigenvalue weighted by atomic mass is 10.1. The van der Waals surface area contributed by atoms with Crippen molar-refractivity contribution in [3.8, 4) is 0 Å². The molecular weight excluding hydrogens is 385 g/mol. The van der Waals surface area contributed by atoms with Gasteiger partial charge in [-0.2, -0.15) is 0 Å². The highest BCUT2D eigenvalue weighted by Crippen LogP contribution is 2.23. The van der Waals surface area contributed by atoms with E-state index < -0.39 is 10.0 Å². The molecule has 1 N–H and O–H groups in total. The molecule has 2 aromatic rings. The van der Waals surface area contributed by atoms with Crippen LogP contribution < -0.4 is 4.72 Å². The fourth-order valence-corrected chi connectivity index (χ4v) is 3.68. The van der Waals surface area contributed by atoms with Crippen LogP contribution in [0.5, 0.6) is 0 Å². The molecule has 0 aliphatic heterocycles. The van der Waals surface area contributed by atoms with Crippen LogP contribution in [-0.4, -0.2) is 8.42 Å². The molecule has 106 valence electrons. The summed E-state index contributed by atoms with van der Waals surface area (Å²) in [7, 11) is -3.55. The van der Waals surface area contributed by atoms with E-state index in [1.165, 1.54) is 0 Å². The topological polar surface area (TPSA) is 46.2 Å². The van der Waals surface area contributed by atoms with Gasteiger partial charge in [-0.25, -0.2) is 8.42 Å². The van der Waals surface area contributed by atoms with Gasteiger partial charge in [0.2, 0.25) is 0 Å². The number of halogens is 1. The van der Waals surface area contributed by atoms with E-state index in [0.29, 0.717) is 10.6 Å². The fraction of sp³-hybridized carbons (Fsp3) is 0.200.